The first-order valence-electron chi connectivity index (χ1n) is 13.8. The Bertz CT molecular complexity index is 539. The molecule has 0 spiro atoms. The minimum atomic E-state index is -0.112. The lowest BCUT2D eigenvalue weighted by Gasteiger charge is -2.20. The fourth-order valence-corrected chi connectivity index (χ4v) is 4.49. The molecule has 192 valence electrons. The van der Waals surface area contributed by atoms with E-state index in [9.17, 15) is 4.79 Å². The van der Waals surface area contributed by atoms with Gasteiger partial charge in [-0.25, -0.2) is 9.68 Å². The van der Waals surface area contributed by atoms with Crippen molar-refractivity contribution in [3.63, 3.8) is 0 Å². The first-order chi connectivity index (χ1) is 16.3. The Balaban J connectivity index is 1.92. The van der Waals surface area contributed by atoms with Gasteiger partial charge < -0.3 is 0 Å². The Morgan fingerprint density at radius 2 is 1.24 bits per heavy atom. The molecule has 0 bridgehead atoms. The van der Waals surface area contributed by atoms with Gasteiger partial charge >= 0.3 is 0 Å². The zero-order valence-electron chi connectivity index (χ0n) is 21.6. The SMILES string of the molecule is CCCCCCCCCCCCCCCCCCON(OCCC)C(=O)CC[n+]1ccsc1. The molecule has 0 aliphatic carbocycles. The van der Waals surface area contributed by atoms with E-state index < -0.39 is 0 Å². The van der Waals surface area contributed by atoms with Crippen LogP contribution >= 0.6 is 11.3 Å². The van der Waals surface area contributed by atoms with E-state index in [2.05, 4.69) is 6.92 Å². The van der Waals surface area contributed by atoms with Crippen molar-refractivity contribution >= 4 is 17.2 Å². The molecule has 0 unspecified atom stereocenters. The van der Waals surface area contributed by atoms with Gasteiger partial charge in [-0.05, 0) is 12.8 Å². The number of aromatic nitrogens is 1. The Labute approximate surface area is 207 Å². The molecule has 33 heavy (non-hydrogen) atoms. The third-order valence-corrected chi connectivity index (χ3v) is 6.61. The highest BCUT2D eigenvalue weighted by atomic mass is 32.1. The molecular weight excluding hydrogens is 432 g/mol. The van der Waals surface area contributed by atoms with Gasteiger partial charge in [0.2, 0.25) is 5.51 Å². The van der Waals surface area contributed by atoms with Gasteiger partial charge in [0.25, 0.3) is 5.91 Å². The van der Waals surface area contributed by atoms with Crippen molar-refractivity contribution in [3.05, 3.63) is 17.1 Å². The number of aryl methyl sites for hydroxylation is 1. The molecule has 0 radical (unpaired) electrons. The molecule has 0 fully saturated rings. The number of amides is 1. The molecule has 0 atom stereocenters. The summed E-state index contributed by atoms with van der Waals surface area (Å²) in [7, 11) is 0. The molecule has 0 saturated heterocycles. The third kappa shape index (κ3) is 18.1. The van der Waals surface area contributed by atoms with Crippen LogP contribution in [0.3, 0.4) is 0 Å². The van der Waals surface area contributed by atoms with Crippen molar-refractivity contribution in [2.24, 2.45) is 0 Å². The monoisotopic (exact) mass is 483 g/mol. The van der Waals surface area contributed by atoms with E-state index in [0.29, 0.717) is 26.2 Å². The van der Waals surface area contributed by atoms with Crippen LogP contribution in [0.15, 0.2) is 17.1 Å². The lowest BCUT2D eigenvalue weighted by Crippen LogP contribution is -2.37. The Morgan fingerprint density at radius 1 is 0.727 bits per heavy atom. The van der Waals surface area contributed by atoms with Crippen LogP contribution in [0.1, 0.15) is 129 Å². The van der Waals surface area contributed by atoms with Gasteiger partial charge in [0.15, 0.2) is 12.7 Å². The van der Waals surface area contributed by atoms with Crippen molar-refractivity contribution in [2.75, 3.05) is 13.2 Å². The standard InChI is InChI=1S/C27H51N2O3S/c1-3-5-6-7-8-9-10-11-12-13-14-15-16-17-18-19-24-32-29(31-23-4-2)27(30)20-21-28-22-25-33-26-28/h22,25-26H,3-21,23-24H2,1-2H3/q+1. The van der Waals surface area contributed by atoms with Crippen molar-refractivity contribution < 1.29 is 19.0 Å². The summed E-state index contributed by atoms with van der Waals surface area (Å²) in [6.45, 7) is 6.00. The molecule has 0 N–H and O–H groups in total. The molecular formula is C27H51N2O3S+. The Kier molecular flexibility index (Phi) is 20.8. The second kappa shape index (κ2) is 22.8. The fraction of sp³-hybridized carbons (Fsp3) is 0.852. The normalized spacial score (nSPS) is 11.2. The van der Waals surface area contributed by atoms with Crippen molar-refractivity contribution in [1.82, 2.24) is 5.23 Å². The van der Waals surface area contributed by atoms with E-state index in [1.807, 2.05) is 28.6 Å². The van der Waals surface area contributed by atoms with E-state index in [4.69, 9.17) is 9.68 Å². The van der Waals surface area contributed by atoms with Gasteiger partial charge in [0, 0.05) is 0 Å². The quantitative estimate of drug-likeness (QED) is 0.0856. The first-order valence-corrected chi connectivity index (χ1v) is 14.7. The summed E-state index contributed by atoms with van der Waals surface area (Å²) in [6, 6.07) is 0. The first kappa shape index (κ1) is 30.1. The van der Waals surface area contributed by atoms with Gasteiger partial charge in [-0.15, -0.1) is 0 Å². The van der Waals surface area contributed by atoms with Crippen molar-refractivity contribution in [3.8, 4) is 0 Å². The van der Waals surface area contributed by atoms with Gasteiger partial charge in [-0.2, -0.15) is 4.57 Å². The summed E-state index contributed by atoms with van der Waals surface area (Å²) in [6.07, 6.45) is 24.8. The maximum atomic E-state index is 12.4. The van der Waals surface area contributed by atoms with Crippen LogP contribution in [-0.2, 0) is 21.0 Å². The predicted octanol–water partition coefficient (Wildman–Crippen LogP) is 7.79. The predicted molar refractivity (Wildman–Crippen MR) is 138 cm³/mol. The van der Waals surface area contributed by atoms with Gasteiger partial charge in [0.05, 0.1) is 25.0 Å². The highest BCUT2D eigenvalue weighted by molar-refractivity contribution is 7.07. The summed E-state index contributed by atoms with van der Waals surface area (Å²) in [5.74, 6) is -0.112. The molecule has 1 rings (SSSR count). The van der Waals surface area contributed by atoms with Gasteiger partial charge in [-0.3, -0.25) is 4.79 Å². The van der Waals surface area contributed by atoms with Gasteiger partial charge in [0.1, 0.15) is 0 Å². The smallest absolute Gasteiger partial charge is 0.270 e. The van der Waals surface area contributed by atoms with Crippen LogP contribution in [0.2, 0.25) is 0 Å². The number of thiazole rings is 1. The van der Waals surface area contributed by atoms with Crippen molar-refractivity contribution in [1.29, 1.82) is 0 Å². The molecule has 0 aliphatic heterocycles. The summed E-state index contributed by atoms with van der Waals surface area (Å²) in [5, 5.41) is 3.13. The number of unbranched alkanes of at least 4 members (excludes halogenated alkanes) is 15. The number of hydroxylamine groups is 2. The van der Waals surface area contributed by atoms with E-state index in [0.717, 1.165) is 24.5 Å². The summed E-state index contributed by atoms with van der Waals surface area (Å²) >= 11 is 1.62. The molecule has 0 saturated carbocycles. The highest BCUT2D eigenvalue weighted by Gasteiger charge is 2.17. The number of nitrogens with zero attached hydrogens (tertiary/aromatic N) is 2. The van der Waals surface area contributed by atoms with E-state index in [1.165, 1.54) is 89.9 Å². The summed E-state index contributed by atoms with van der Waals surface area (Å²) in [5.41, 5.74) is 2.00. The van der Waals surface area contributed by atoms with Crippen LogP contribution in [0.4, 0.5) is 0 Å². The zero-order valence-corrected chi connectivity index (χ0v) is 22.4. The van der Waals surface area contributed by atoms with E-state index in [-0.39, 0.29) is 5.91 Å². The number of carbonyl (C=O) groups is 1. The lowest BCUT2D eigenvalue weighted by atomic mass is 10.0. The minimum Gasteiger partial charge on any atom is -0.270 e. The van der Waals surface area contributed by atoms with Crippen molar-refractivity contribution in [2.45, 2.75) is 136 Å². The molecule has 1 aromatic rings. The third-order valence-electron chi connectivity index (χ3n) is 5.93. The zero-order chi connectivity index (χ0) is 23.8. The van der Waals surface area contributed by atoms with Crippen LogP contribution in [-0.4, -0.2) is 24.3 Å². The molecule has 1 heterocycles. The van der Waals surface area contributed by atoms with Crippen LogP contribution in [0.25, 0.3) is 0 Å². The lowest BCUT2D eigenvalue weighted by molar-refractivity contribution is -0.691. The number of carbonyl (C=O) groups excluding carboxylic acids is 1. The van der Waals surface area contributed by atoms with Crippen LogP contribution in [0, 0.1) is 0 Å². The number of hydrogen-bond donors (Lipinski definition) is 0. The minimum absolute atomic E-state index is 0.112. The van der Waals surface area contributed by atoms with Crippen LogP contribution in [0.5, 0.6) is 0 Å². The van der Waals surface area contributed by atoms with E-state index >= 15 is 0 Å². The highest BCUT2D eigenvalue weighted by Crippen LogP contribution is 2.14. The Morgan fingerprint density at radius 3 is 1.73 bits per heavy atom. The average molecular weight is 484 g/mol. The maximum absolute atomic E-state index is 12.4. The Hall–Kier alpha value is -0.980. The van der Waals surface area contributed by atoms with E-state index in [1.54, 1.807) is 11.3 Å². The number of hydrogen-bond acceptors (Lipinski definition) is 4. The summed E-state index contributed by atoms with van der Waals surface area (Å²) < 4.78 is 2.01. The molecule has 0 aliphatic rings. The molecule has 5 nitrogen and oxygen atoms in total. The molecule has 1 aromatic heterocycles. The largest absolute Gasteiger partial charge is 0.279 e. The molecule has 1 amide bonds. The summed E-state index contributed by atoms with van der Waals surface area (Å²) in [4.78, 5) is 23.6. The van der Waals surface area contributed by atoms with Gasteiger partial charge in [-0.1, -0.05) is 127 Å². The second-order valence-corrected chi connectivity index (χ2v) is 9.89. The fourth-order valence-electron chi connectivity index (χ4n) is 3.86. The van der Waals surface area contributed by atoms with Crippen LogP contribution < -0.4 is 4.57 Å². The molecule has 6 heteroatoms. The maximum Gasteiger partial charge on any atom is 0.279 e. The topological polar surface area (TPSA) is 42.7 Å². The molecule has 0 aromatic carbocycles. The second-order valence-electron chi connectivity index (χ2n) is 9.14. The number of rotatable bonds is 24. The average Bonchev–Trinajstić information content (AvgIpc) is 3.35.